The smallest absolute Gasteiger partial charge is 0.331 e. The molecule has 30 heavy (non-hydrogen) atoms. The van der Waals surface area contributed by atoms with Crippen molar-refractivity contribution in [3.05, 3.63) is 89.0 Å². The van der Waals surface area contributed by atoms with E-state index in [1.165, 1.54) is 31.8 Å². The summed E-state index contributed by atoms with van der Waals surface area (Å²) >= 11 is 0. The first kappa shape index (κ1) is 24.9. The Morgan fingerprint density at radius 3 is 2.43 bits per heavy atom. The van der Waals surface area contributed by atoms with E-state index in [1.54, 1.807) is 24.3 Å². The van der Waals surface area contributed by atoms with E-state index >= 15 is 0 Å². The number of hydrogen-bond donors (Lipinski definition) is 2. The zero-order valence-electron chi connectivity index (χ0n) is 17.6. The van der Waals surface area contributed by atoms with Gasteiger partial charge in [0.05, 0.1) is 6.20 Å². The summed E-state index contributed by atoms with van der Waals surface area (Å²) in [4.78, 5) is 26.1. The first-order valence-corrected chi connectivity index (χ1v) is 9.83. The van der Waals surface area contributed by atoms with Gasteiger partial charge in [0.15, 0.2) is 5.78 Å². The second-order valence-corrected chi connectivity index (χ2v) is 6.74. The SMILES string of the molecule is CC(=O)c1ccc(CN)c(C2C=CC=C(C(=O)O)C2)c1.CCC.Fc1cccnc1. The van der Waals surface area contributed by atoms with Crippen molar-refractivity contribution in [2.24, 2.45) is 5.73 Å². The van der Waals surface area contributed by atoms with Gasteiger partial charge in [0.1, 0.15) is 5.82 Å². The van der Waals surface area contributed by atoms with Gasteiger partial charge in [-0.1, -0.05) is 50.6 Å². The van der Waals surface area contributed by atoms with Gasteiger partial charge < -0.3 is 10.8 Å². The highest BCUT2D eigenvalue weighted by molar-refractivity contribution is 5.94. The Bertz CT molecular complexity index is 893. The van der Waals surface area contributed by atoms with E-state index < -0.39 is 5.97 Å². The van der Waals surface area contributed by atoms with Gasteiger partial charge in [0.2, 0.25) is 0 Å². The molecule has 5 nitrogen and oxygen atoms in total. The van der Waals surface area contributed by atoms with Gasteiger partial charge in [-0.15, -0.1) is 0 Å². The molecular weight excluding hydrogens is 383 g/mol. The van der Waals surface area contributed by atoms with Crippen LogP contribution in [0.3, 0.4) is 0 Å². The summed E-state index contributed by atoms with van der Waals surface area (Å²) in [6.45, 7) is 6.13. The second-order valence-electron chi connectivity index (χ2n) is 6.74. The molecule has 0 amide bonds. The molecule has 0 saturated carbocycles. The molecule has 1 aliphatic carbocycles. The van der Waals surface area contributed by atoms with Crippen molar-refractivity contribution >= 4 is 11.8 Å². The molecule has 1 aromatic heterocycles. The Kier molecular flexibility index (Phi) is 10.9. The lowest BCUT2D eigenvalue weighted by atomic mass is 9.84. The van der Waals surface area contributed by atoms with Crippen LogP contribution in [0.15, 0.2) is 66.5 Å². The van der Waals surface area contributed by atoms with E-state index in [4.69, 9.17) is 10.8 Å². The van der Waals surface area contributed by atoms with Gasteiger partial charge in [-0.2, -0.15) is 0 Å². The lowest BCUT2D eigenvalue weighted by Gasteiger charge is -2.20. The number of nitrogens with two attached hydrogens (primary N) is 1. The van der Waals surface area contributed by atoms with Crippen LogP contribution in [-0.4, -0.2) is 21.8 Å². The number of pyridine rings is 1. The molecule has 0 radical (unpaired) electrons. The minimum Gasteiger partial charge on any atom is -0.478 e. The van der Waals surface area contributed by atoms with Crippen molar-refractivity contribution in [2.45, 2.75) is 46.1 Å². The minimum atomic E-state index is -0.906. The number of Topliss-reactive ketones (excluding diaryl/α,β-unsaturated/α-hetero) is 1. The van der Waals surface area contributed by atoms with Crippen LogP contribution in [0.4, 0.5) is 4.39 Å². The molecule has 0 saturated heterocycles. The van der Waals surface area contributed by atoms with Crippen LogP contribution in [0.25, 0.3) is 0 Å². The van der Waals surface area contributed by atoms with Gasteiger partial charge in [-0.25, -0.2) is 9.18 Å². The van der Waals surface area contributed by atoms with Crippen LogP contribution in [0.2, 0.25) is 0 Å². The standard InChI is InChI=1S/C16H17NO3.C5H4FN.C3H8/c1-10(18)11-5-6-14(9-17)15(8-11)12-3-2-4-13(7-12)16(19)20;6-5-2-1-3-7-4-5;1-3-2/h2-6,8,12H,7,9,17H2,1H3,(H,19,20);1-4H;3H2,1-2H3. The Morgan fingerprint density at radius 1 is 1.27 bits per heavy atom. The topological polar surface area (TPSA) is 93.3 Å². The number of benzene rings is 1. The fourth-order valence-electron chi connectivity index (χ4n) is 2.74. The summed E-state index contributed by atoms with van der Waals surface area (Å²) in [5.74, 6) is -1.26. The molecule has 3 rings (SSSR count). The number of allylic oxidation sites excluding steroid dienone is 3. The zero-order valence-corrected chi connectivity index (χ0v) is 17.6. The van der Waals surface area contributed by atoms with Crippen molar-refractivity contribution in [2.75, 3.05) is 0 Å². The molecule has 0 bridgehead atoms. The first-order valence-electron chi connectivity index (χ1n) is 9.83. The van der Waals surface area contributed by atoms with E-state index in [0.717, 1.165) is 11.1 Å². The molecular formula is C24H29FN2O3. The van der Waals surface area contributed by atoms with Crippen LogP contribution in [0.1, 0.15) is 61.0 Å². The molecule has 1 unspecified atom stereocenters. The molecule has 1 heterocycles. The third-order valence-electron chi connectivity index (χ3n) is 4.15. The number of ketones is 1. The van der Waals surface area contributed by atoms with E-state index in [2.05, 4.69) is 18.8 Å². The highest BCUT2D eigenvalue weighted by Crippen LogP contribution is 2.31. The molecule has 0 spiro atoms. The van der Waals surface area contributed by atoms with Gasteiger partial charge >= 0.3 is 5.97 Å². The summed E-state index contributed by atoms with van der Waals surface area (Å²) in [5.41, 5.74) is 8.60. The van der Waals surface area contributed by atoms with Crippen LogP contribution >= 0.6 is 0 Å². The number of carboxylic acids is 1. The van der Waals surface area contributed by atoms with Crippen LogP contribution < -0.4 is 5.73 Å². The summed E-state index contributed by atoms with van der Waals surface area (Å²) in [6, 6.07) is 8.33. The molecule has 1 aromatic carbocycles. The largest absolute Gasteiger partial charge is 0.478 e. The molecule has 6 heteroatoms. The monoisotopic (exact) mass is 412 g/mol. The van der Waals surface area contributed by atoms with Crippen molar-refractivity contribution in [1.82, 2.24) is 4.98 Å². The predicted octanol–water partition coefficient (Wildman–Crippen LogP) is 5.04. The number of carboxylic acid groups (broad SMARTS) is 1. The Morgan fingerprint density at radius 2 is 1.97 bits per heavy atom. The molecule has 0 fully saturated rings. The second kappa shape index (κ2) is 13.2. The average molecular weight is 413 g/mol. The number of nitrogens with zero attached hydrogens (tertiary/aromatic N) is 1. The van der Waals surface area contributed by atoms with Gasteiger partial charge in [0.25, 0.3) is 0 Å². The lowest BCUT2D eigenvalue weighted by molar-refractivity contribution is -0.132. The third kappa shape index (κ3) is 8.09. The number of carbonyl (C=O) groups is 2. The number of aliphatic carboxylic acids is 1. The zero-order chi connectivity index (χ0) is 22.5. The molecule has 2 aromatic rings. The van der Waals surface area contributed by atoms with Crippen molar-refractivity contribution in [1.29, 1.82) is 0 Å². The third-order valence-corrected chi connectivity index (χ3v) is 4.15. The van der Waals surface area contributed by atoms with E-state index in [0.29, 0.717) is 24.1 Å². The molecule has 3 N–H and O–H groups in total. The van der Waals surface area contributed by atoms with Crippen LogP contribution in [-0.2, 0) is 11.3 Å². The number of hydrogen-bond acceptors (Lipinski definition) is 4. The highest BCUT2D eigenvalue weighted by atomic mass is 19.1. The summed E-state index contributed by atoms with van der Waals surface area (Å²) < 4.78 is 11.8. The normalized spacial score (nSPS) is 14.4. The van der Waals surface area contributed by atoms with Gasteiger partial charge in [-0.05, 0) is 42.7 Å². The maximum atomic E-state index is 11.8. The number of carbonyl (C=O) groups excluding carboxylic acids is 1. The number of rotatable bonds is 4. The van der Waals surface area contributed by atoms with E-state index in [9.17, 15) is 14.0 Å². The Labute approximate surface area is 177 Å². The van der Waals surface area contributed by atoms with E-state index in [-0.39, 0.29) is 17.5 Å². The lowest BCUT2D eigenvalue weighted by Crippen LogP contribution is -2.12. The predicted molar refractivity (Wildman–Crippen MR) is 117 cm³/mol. The van der Waals surface area contributed by atoms with Crippen molar-refractivity contribution < 1.29 is 19.1 Å². The molecule has 1 aliphatic rings. The Hall–Kier alpha value is -3.12. The van der Waals surface area contributed by atoms with Gasteiger partial charge in [0, 0.05) is 29.8 Å². The minimum absolute atomic E-state index is 0.0105. The maximum Gasteiger partial charge on any atom is 0.331 e. The quantitative estimate of drug-likeness (QED) is 0.686. The fraction of sp³-hybridized carbons (Fsp3) is 0.292. The highest BCUT2D eigenvalue weighted by Gasteiger charge is 2.20. The summed E-state index contributed by atoms with van der Waals surface area (Å²) in [6.07, 6.45) is 9.67. The maximum absolute atomic E-state index is 11.8. The van der Waals surface area contributed by atoms with Crippen LogP contribution in [0, 0.1) is 5.82 Å². The summed E-state index contributed by atoms with van der Waals surface area (Å²) in [7, 11) is 0. The summed E-state index contributed by atoms with van der Waals surface area (Å²) in [5, 5.41) is 9.09. The molecule has 0 aliphatic heterocycles. The van der Waals surface area contributed by atoms with Crippen LogP contribution in [0.5, 0.6) is 0 Å². The number of aromatic nitrogens is 1. The Balaban J connectivity index is 0.000000372. The fourth-order valence-corrected chi connectivity index (χ4v) is 2.74. The number of halogens is 1. The van der Waals surface area contributed by atoms with Crippen molar-refractivity contribution in [3.8, 4) is 0 Å². The molecule has 1 atom stereocenters. The first-order chi connectivity index (χ1) is 14.3. The van der Waals surface area contributed by atoms with Gasteiger partial charge in [-0.3, -0.25) is 9.78 Å². The molecule has 160 valence electrons. The van der Waals surface area contributed by atoms with Crippen molar-refractivity contribution in [3.63, 3.8) is 0 Å². The average Bonchev–Trinajstić information content (AvgIpc) is 2.75. The van der Waals surface area contributed by atoms with E-state index in [1.807, 2.05) is 18.2 Å².